The summed E-state index contributed by atoms with van der Waals surface area (Å²) in [6.07, 6.45) is -3.62. The van der Waals surface area contributed by atoms with Crippen LogP contribution in [-0.2, 0) is 4.74 Å². The van der Waals surface area contributed by atoms with Gasteiger partial charge in [-0.15, -0.1) is 0 Å². The molecule has 3 rings (SSSR count). The zero-order chi connectivity index (χ0) is 17.3. The van der Waals surface area contributed by atoms with Crippen LogP contribution in [0.25, 0.3) is 0 Å². The highest BCUT2D eigenvalue weighted by Gasteiger charge is 2.47. The Hall–Kier alpha value is -1.87. The zero-order valence-corrected chi connectivity index (χ0v) is 12.9. The molecule has 2 aliphatic rings. The second-order valence-electron chi connectivity index (χ2n) is 6.04. The third-order valence-corrected chi connectivity index (χ3v) is 4.60. The van der Waals surface area contributed by atoms with E-state index < -0.39 is 17.1 Å². The Morgan fingerprint density at radius 2 is 1.92 bits per heavy atom. The van der Waals surface area contributed by atoms with Gasteiger partial charge in [0, 0.05) is 50.1 Å². The molecule has 2 atom stereocenters. The quantitative estimate of drug-likeness (QED) is 0.622. The fraction of sp³-hybridized carbons (Fsp3) is 0.600. The number of nitro benzene ring substituents is 1. The molecule has 9 heteroatoms. The van der Waals surface area contributed by atoms with Crippen molar-refractivity contribution in [2.75, 3.05) is 37.7 Å². The number of non-ortho nitro benzene ring substituents is 1. The molecule has 132 valence electrons. The van der Waals surface area contributed by atoms with Gasteiger partial charge in [-0.2, -0.15) is 13.2 Å². The number of hydrogen-bond acceptors (Lipinski definition) is 5. The summed E-state index contributed by atoms with van der Waals surface area (Å²) in [6, 6.07) is 3.64. The standard InChI is InChI=1S/C15H18F3N3O3/c16-15(17,18)14-9-19(13-5-8-24-10-13)6-7-20(14)11-1-3-12(4-2-11)21(22)23/h1-4,13-14H,5-10H2. The van der Waals surface area contributed by atoms with E-state index >= 15 is 0 Å². The van der Waals surface area contributed by atoms with Gasteiger partial charge in [-0.1, -0.05) is 0 Å². The van der Waals surface area contributed by atoms with E-state index in [9.17, 15) is 23.3 Å². The van der Waals surface area contributed by atoms with Gasteiger partial charge in [0.25, 0.3) is 5.69 Å². The number of piperazine rings is 1. The van der Waals surface area contributed by atoms with Crippen molar-refractivity contribution in [3.05, 3.63) is 34.4 Å². The summed E-state index contributed by atoms with van der Waals surface area (Å²) in [7, 11) is 0. The van der Waals surface area contributed by atoms with Crippen molar-refractivity contribution >= 4 is 11.4 Å². The fourth-order valence-electron chi connectivity index (χ4n) is 3.30. The molecule has 0 radical (unpaired) electrons. The van der Waals surface area contributed by atoms with Crippen LogP contribution >= 0.6 is 0 Å². The van der Waals surface area contributed by atoms with Crippen LogP contribution in [-0.4, -0.2) is 60.9 Å². The lowest BCUT2D eigenvalue weighted by Crippen LogP contribution is -2.61. The van der Waals surface area contributed by atoms with Crippen LogP contribution in [0.2, 0.25) is 0 Å². The molecule has 2 unspecified atom stereocenters. The summed E-state index contributed by atoms with van der Waals surface area (Å²) in [5.41, 5.74) is 0.217. The van der Waals surface area contributed by atoms with Crippen molar-refractivity contribution in [2.24, 2.45) is 0 Å². The van der Waals surface area contributed by atoms with Gasteiger partial charge in [-0.05, 0) is 18.6 Å². The summed E-state index contributed by atoms with van der Waals surface area (Å²) in [6.45, 7) is 1.68. The summed E-state index contributed by atoms with van der Waals surface area (Å²) in [5.74, 6) is 0. The highest BCUT2D eigenvalue weighted by molar-refractivity contribution is 5.52. The van der Waals surface area contributed by atoms with Crippen molar-refractivity contribution in [3.8, 4) is 0 Å². The van der Waals surface area contributed by atoms with E-state index in [1.165, 1.54) is 29.2 Å². The molecule has 6 nitrogen and oxygen atoms in total. The van der Waals surface area contributed by atoms with Crippen molar-refractivity contribution in [1.82, 2.24) is 4.90 Å². The third kappa shape index (κ3) is 3.46. The van der Waals surface area contributed by atoms with Gasteiger partial charge in [0.15, 0.2) is 0 Å². The number of nitrogens with zero attached hydrogens (tertiary/aromatic N) is 3. The lowest BCUT2D eigenvalue weighted by atomic mass is 10.1. The first kappa shape index (κ1) is 17.0. The fourth-order valence-corrected chi connectivity index (χ4v) is 3.30. The van der Waals surface area contributed by atoms with E-state index in [0.29, 0.717) is 25.4 Å². The van der Waals surface area contributed by atoms with Gasteiger partial charge in [0.1, 0.15) is 6.04 Å². The first-order chi connectivity index (χ1) is 11.4. The van der Waals surface area contributed by atoms with E-state index in [-0.39, 0.29) is 24.8 Å². The predicted molar refractivity (Wildman–Crippen MR) is 81.1 cm³/mol. The van der Waals surface area contributed by atoms with Gasteiger partial charge in [0.05, 0.1) is 11.5 Å². The Bertz CT molecular complexity index is 588. The lowest BCUT2D eigenvalue weighted by molar-refractivity contribution is -0.384. The predicted octanol–water partition coefficient (Wildman–Crippen LogP) is 2.44. The molecule has 24 heavy (non-hydrogen) atoms. The van der Waals surface area contributed by atoms with Gasteiger partial charge >= 0.3 is 6.18 Å². The van der Waals surface area contributed by atoms with Gasteiger partial charge in [0.2, 0.25) is 0 Å². The van der Waals surface area contributed by atoms with E-state index in [1.807, 2.05) is 4.90 Å². The molecule has 1 aromatic carbocycles. The summed E-state index contributed by atoms with van der Waals surface area (Å²) >= 11 is 0. The number of alkyl halides is 3. The van der Waals surface area contributed by atoms with Crippen molar-refractivity contribution in [3.63, 3.8) is 0 Å². The number of hydrogen-bond donors (Lipinski definition) is 0. The number of halogens is 3. The number of nitro groups is 1. The third-order valence-electron chi connectivity index (χ3n) is 4.60. The first-order valence-corrected chi connectivity index (χ1v) is 7.76. The molecular formula is C15H18F3N3O3. The molecule has 0 amide bonds. The molecule has 2 aliphatic heterocycles. The molecule has 0 aliphatic carbocycles. The van der Waals surface area contributed by atoms with E-state index in [0.717, 1.165) is 6.42 Å². The maximum atomic E-state index is 13.5. The van der Waals surface area contributed by atoms with Crippen molar-refractivity contribution in [1.29, 1.82) is 0 Å². The number of anilines is 1. The first-order valence-electron chi connectivity index (χ1n) is 7.76. The van der Waals surface area contributed by atoms with E-state index in [2.05, 4.69) is 0 Å². The SMILES string of the molecule is O=[N+]([O-])c1ccc(N2CCN(C3CCOC3)CC2C(F)(F)F)cc1. The number of ether oxygens (including phenoxy) is 1. The van der Waals surface area contributed by atoms with Crippen LogP contribution in [0.4, 0.5) is 24.5 Å². The second kappa shape index (κ2) is 6.56. The molecule has 2 heterocycles. The summed E-state index contributed by atoms with van der Waals surface area (Å²) in [5, 5.41) is 10.7. The maximum absolute atomic E-state index is 13.5. The summed E-state index contributed by atoms with van der Waals surface area (Å²) in [4.78, 5) is 13.3. The topological polar surface area (TPSA) is 58.9 Å². The largest absolute Gasteiger partial charge is 0.409 e. The van der Waals surface area contributed by atoms with Crippen LogP contribution in [0.15, 0.2) is 24.3 Å². The molecule has 0 bridgehead atoms. The van der Waals surface area contributed by atoms with Crippen molar-refractivity contribution in [2.45, 2.75) is 24.7 Å². The Morgan fingerprint density at radius 3 is 2.46 bits per heavy atom. The van der Waals surface area contributed by atoms with E-state index in [4.69, 9.17) is 4.74 Å². The molecule has 0 N–H and O–H groups in total. The van der Waals surface area contributed by atoms with Crippen LogP contribution in [0.1, 0.15) is 6.42 Å². The van der Waals surface area contributed by atoms with Crippen LogP contribution < -0.4 is 4.90 Å². The lowest BCUT2D eigenvalue weighted by Gasteiger charge is -2.45. The van der Waals surface area contributed by atoms with Crippen LogP contribution in [0, 0.1) is 10.1 Å². The van der Waals surface area contributed by atoms with Gasteiger partial charge in [-0.3, -0.25) is 15.0 Å². The summed E-state index contributed by atoms with van der Waals surface area (Å²) < 4.78 is 45.9. The Balaban J connectivity index is 1.80. The molecule has 2 saturated heterocycles. The van der Waals surface area contributed by atoms with Crippen LogP contribution in [0.5, 0.6) is 0 Å². The molecule has 0 saturated carbocycles. The number of benzene rings is 1. The van der Waals surface area contributed by atoms with Gasteiger partial charge in [-0.25, -0.2) is 0 Å². The Labute approximate surface area is 136 Å². The molecular weight excluding hydrogens is 327 g/mol. The molecule has 0 spiro atoms. The maximum Gasteiger partial charge on any atom is 0.409 e. The molecule has 2 fully saturated rings. The highest BCUT2D eigenvalue weighted by Crippen LogP contribution is 2.33. The minimum absolute atomic E-state index is 0.0360. The minimum atomic E-state index is -4.38. The van der Waals surface area contributed by atoms with E-state index in [1.54, 1.807) is 0 Å². The zero-order valence-electron chi connectivity index (χ0n) is 12.9. The minimum Gasteiger partial charge on any atom is -0.380 e. The molecule has 0 aromatic heterocycles. The van der Waals surface area contributed by atoms with Crippen LogP contribution in [0.3, 0.4) is 0 Å². The van der Waals surface area contributed by atoms with Gasteiger partial charge < -0.3 is 9.64 Å². The Kier molecular flexibility index (Phi) is 4.64. The number of rotatable bonds is 3. The average molecular weight is 345 g/mol. The second-order valence-corrected chi connectivity index (χ2v) is 6.04. The Morgan fingerprint density at radius 1 is 1.21 bits per heavy atom. The normalized spacial score (nSPS) is 25.9. The average Bonchev–Trinajstić information content (AvgIpc) is 3.08. The highest BCUT2D eigenvalue weighted by atomic mass is 19.4. The molecule has 1 aromatic rings. The monoisotopic (exact) mass is 345 g/mol. The smallest absolute Gasteiger partial charge is 0.380 e. The van der Waals surface area contributed by atoms with Crippen molar-refractivity contribution < 1.29 is 22.8 Å².